The van der Waals surface area contributed by atoms with Crippen LogP contribution in [0.15, 0.2) is 60.8 Å². The minimum Gasteiger partial charge on any atom is -0.477 e. The van der Waals surface area contributed by atoms with Gasteiger partial charge >= 0.3 is 5.97 Å². The quantitative estimate of drug-likeness (QED) is 0.192. The summed E-state index contributed by atoms with van der Waals surface area (Å²) in [4.78, 5) is 43.7. The highest BCUT2D eigenvalue weighted by molar-refractivity contribution is 6.07. The third kappa shape index (κ3) is 4.87. The van der Waals surface area contributed by atoms with Crippen LogP contribution in [0, 0.1) is 6.92 Å². The smallest absolute Gasteiger partial charge is 0.352 e. The number of aromatic nitrogens is 3. The summed E-state index contributed by atoms with van der Waals surface area (Å²) < 4.78 is 3.77. The molecule has 0 bridgehead atoms. The number of pyridine rings is 1. The van der Waals surface area contributed by atoms with Crippen LogP contribution in [0.5, 0.6) is 0 Å². The maximum absolute atomic E-state index is 13.7. The van der Waals surface area contributed by atoms with Gasteiger partial charge in [0.15, 0.2) is 0 Å². The molecule has 9 heteroatoms. The number of fused-ring (bicyclic) bond motifs is 2. The van der Waals surface area contributed by atoms with E-state index in [1.165, 1.54) is 18.4 Å². The molecule has 7 rings (SSSR count). The van der Waals surface area contributed by atoms with Crippen molar-refractivity contribution in [1.29, 1.82) is 0 Å². The highest BCUT2D eigenvalue weighted by atomic mass is 16.4. The number of hydrogen-bond acceptors (Lipinski definition) is 4. The molecule has 0 aliphatic heterocycles. The van der Waals surface area contributed by atoms with Gasteiger partial charge in [0, 0.05) is 53.3 Å². The number of aryl methyl sites for hydroxylation is 3. The predicted molar refractivity (Wildman–Crippen MR) is 175 cm³/mol. The number of nitrogens with one attached hydrogen (secondary N) is 2. The van der Waals surface area contributed by atoms with Crippen LogP contribution in [-0.2, 0) is 18.9 Å². The fraction of sp³-hybridized carbons (Fsp3) is 0.333. The lowest BCUT2D eigenvalue weighted by atomic mass is 9.75. The number of aromatic carboxylic acids is 1. The van der Waals surface area contributed by atoms with E-state index in [4.69, 9.17) is 4.98 Å². The third-order valence-corrected chi connectivity index (χ3v) is 9.93. The van der Waals surface area contributed by atoms with Gasteiger partial charge in [-0.3, -0.25) is 14.6 Å². The first-order chi connectivity index (χ1) is 21.6. The van der Waals surface area contributed by atoms with Gasteiger partial charge in [0.25, 0.3) is 5.91 Å². The topological polar surface area (TPSA) is 118 Å². The Morgan fingerprint density at radius 1 is 0.911 bits per heavy atom. The Balaban J connectivity index is 1.17. The fourth-order valence-electron chi connectivity index (χ4n) is 7.26. The highest BCUT2D eigenvalue weighted by Gasteiger charge is 2.45. The van der Waals surface area contributed by atoms with Crippen LogP contribution in [0.25, 0.3) is 33.2 Å². The van der Waals surface area contributed by atoms with E-state index in [0.29, 0.717) is 35.4 Å². The maximum atomic E-state index is 13.7. The van der Waals surface area contributed by atoms with Crippen LogP contribution >= 0.6 is 0 Å². The monoisotopic (exact) mass is 603 g/mol. The summed E-state index contributed by atoms with van der Waals surface area (Å²) in [5.41, 5.74) is 6.42. The molecule has 0 saturated heterocycles. The molecule has 9 nitrogen and oxygen atoms in total. The lowest BCUT2D eigenvalue weighted by Gasteiger charge is -2.40. The first-order valence-corrected chi connectivity index (χ1v) is 15.7. The number of nitrogens with zero attached hydrogens (tertiary/aromatic N) is 3. The number of carboxylic acid groups (broad SMARTS) is 1. The summed E-state index contributed by atoms with van der Waals surface area (Å²) in [7, 11) is 3.74. The van der Waals surface area contributed by atoms with E-state index in [2.05, 4.69) is 33.4 Å². The number of carbonyl (C=O) groups excluding carboxylic acids is 2. The Labute approximate surface area is 261 Å². The van der Waals surface area contributed by atoms with Crippen molar-refractivity contribution in [2.24, 2.45) is 14.1 Å². The molecule has 45 heavy (non-hydrogen) atoms. The number of benzene rings is 2. The zero-order valence-corrected chi connectivity index (χ0v) is 25.8. The van der Waals surface area contributed by atoms with Crippen molar-refractivity contribution in [3.63, 3.8) is 0 Å². The van der Waals surface area contributed by atoms with E-state index in [1.807, 2.05) is 32.3 Å². The summed E-state index contributed by atoms with van der Waals surface area (Å²) in [5.74, 6) is -1.11. The lowest BCUT2D eigenvalue weighted by molar-refractivity contribution is -0.125. The van der Waals surface area contributed by atoms with E-state index >= 15 is 0 Å². The molecule has 0 spiro atoms. The van der Waals surface area contributed by atoms with E-state index in [9.17, 15) is 19.5 Å². The van der Waals surface area contributed by atoms with Crippen LogP contribution in [0.1, 0.15) is 82.8 Å². The van der Waals surface area contributed by atoms with Gasteiger partial charge in [-0.2, -0.15) is 0 Å². The molecule has 0 radical (unpaired) electrons. The molecule has 2 aliphatic rings. The van der Waals surface area contributed by atoms with Crippen LogP contribution in [0.4, 0.5) is 5.69 Å². The molecule has 2 aliphatic carbocycles. The van der Waals surface area contributed by atoms with Crippen molar-refractivity contribution in [2.45, 2.75) is 63.3 Å². The molecule has 230 valence electrons. The summed E-state index contributed by atoms with van der Waals surface area (Å²) in [5, 5.41) is 17.4. The normalized spacial score (nSPS) is 16.2. The molecular weight excluding hydrogens is 566 g/mol. The highest BCUT2D eigenvalue weighted by Crippen LogP contribution is 2.44. The minimum atomic E-state index is -1.01. The van der Waals surface area contributed by atoms with Crippen molar-refractivity contribution in [3.8, 4) is 11.4 Å². The molecule has 2 saturated carbocycles. The second kappa shape index (κ2) is 10.9. The SMILES string of the molecule is Cc1ccc(-c2c(C3CCCC3)c3ccc(C(=O)NC4(C(=O)Nc5ccc6c(c5)cc(C(=O)O)n6C)CCC4)cc3n2C)nc1. The Bertz CT molecular complexity index is 1990. The maximum Gasteiger partial charge on any atom is 0.352 e. The standard InChI is InChI=1S/C36H37N5O4/c1-21-9-13-27(37-20-21)32-31(22-7-4-5-8-22)26-12-10-23(18-29(26)41(32)3)33(42)39-36(15-6-16-36)35(45)38-25-11-14-28-24(17-25)19-30(34(43)44)40(28)2/h9-14,17-20,22H,4-8,15-16H2,1-3H3,(H,38,45)(H,39,42)(H,43,44). The Morgan fingerprint density at radius 3 is 2.36 bits per heavy atom. The Kier molecular flexibility index (Phi) is 6.99. The van der Waals surface area contributed by atoms with Gasteiger partial charge in [0.2, 0.25) is 5.91 Å². The number of anilines is 1. The summed E-state index contributed by atoms with van der Waals surface area (Å²) in [6.45, 7) is 2.04. The molecule has 2 aromatic carbocycles. The largest absolute Gasteiger partial charge is 0.477 e. The average Bonchev–Trinajstić information content (AvgIpc) is 3.72. The van der Waals surface area contributed by atoms with Crippen molar-refractivity contribution >= 4 is 45.3 Å². The van der Waals surface area contributed by atoms with Crippen molar-refractivity contribution in [3.05, 3.63) is 83.2 Å². The molecule has 3 N–H and O–H groups in total. The number of carboxylic acids is 1. The van der Waals surface area contributed by atoms with Crippen LogP contribution in [-0.4, -0.2) is 42.5 Å². The van der Waals surface area contributed by atoms with Gasteiger partial charge in [-0.05, 0) is 98.5 Å². The second-order valence-electron chi connectivity index (χ2n) is 12.8. The van der Waals surface area contributed by atoms with Gasteiger partial charge in [0.1, 0.15) is 11.2 Å². The van der Waals surface area contributed by atoms with Gasteiger partial charge in [-0.25, -0.2) is 4.79 Å². The minimum absolute atomic E-state index is 0.170. The van der Waals surface area contributed by atoms with Crippen molar-refractivity contribution < 1.29 is 19.5 Å². The molecule has 5 aromatic rings. The molecule has 0 unspecified atom stereocenters. The zero-order valence-electron chi connectivity index (χ0n) is 25.8. The third-order valence-electron chi connectivity index (χ3n) is 9.93. The van der Waals surface area contributed by atoms with E-state index in [0.717, 1.165) is 52.6 Å². The summed E-state index contributed by atoms with van der Waals surface area (Å²) >= 11 is 0. The van der Waals surface area contributed by atoms with Crippen LogP contribution < -0.4 is 10.6 Å². The molecule has 3 heterocycles. The number of amides is 2. The van der Waals surface area contributed by atoms with Crippen molar-refractivity contribution in [1.82, 2.24) is 19.4 Å². The molecule has 2 amide bonds. The molecular formula is C36H37N5O4. The number of rotatable bonds is 7. The van der Waals surface area contributed by atoms with E-state index in [1.54, 1.807) is 35.9 Å². The van der Waals surface area contributed by atoms with Crippen LogP contribution in [0.2, 0.25) is 0 Å². The number of carbonyl (C=O) groups is 3. The van der Waals surface area contributed by atoms with Crippen LogP contribution in [0.3, 0.4) is 0 Å². The molecule has 0 atom stereocenters. The first kappa shape index (κ1) is 28.8. The Hall–Kier alpha value is -4.92. The lowest BCUT2D eigenvalue weighted by Crippen LogP contribution is -2.61. The second-order valence-corrected chi connectivity index (χ2v) is 12.8. The predicted octanol–water partition coefficient (Wildman–Crippen LogP) is 6.69. The summed E-state index contributed by atoms with van der Waals surface area (Å²) in [6, 6.07) is 16.9. The van der Waals surface area contributed by atoms with Crippen molar-refractivity contribution in [2.75, 3.05) is 5.32 Å². The fourth-order valence-corrected chi connectivity index (χ4v) is 7.26. The number of hydrogen-bond donors (Lipinski definition) is 3. The molecule has 3 aromatic heterocycles. The first-order valence-electron chi connectivity index (χ1n) is 15.7. The zero-order chi connectivity index (χ0) is 31.5. The molecule has 2 fully saturated rings. The van der Waals surface area contributed by atoms with Gasteiger partial charge < -0.3 is 24.9 Å². The van der Waals surface area contributed by atoms with E-state index < -0.39 is 11.5 Å². The van der Waals surface area contributed by atoms with Gasteiger partial charge in [0.05, 0.1) is 11.4 Å². The summed E-state index contributed by atoms with van der Waals surface area (Å²) in [6.07, 6.45) is 8.56. The van der Waals surface area contributed by atoms with Gasteiger partial charge in [-0.1, -0.05) is 25.0 Å². The average molecular weight is 604 g/mol. The van der Waals surface area contributed by atoms with Gasteiger partial charge in [-0.15, -0.1) is 0 Å². The van der Waals surface area contributed by atoms with E-state index in [-0.39, 0.29) is 17.5 Å². The Morgan fingerprint density at radius 2 is 1.69 bits per heavy atom.